The predicted octanol–water partition coefficient (Wildman–Crippen LogP) is 6.24. The second kappa shape index (κ2) is 12.5. The second-order valence-electron chi connectivity index (χ2n) is 9.04. The number of benzene rings is 3. The third-order valence-corrected chi connectivity index (χ3v) is 6.22. The molecular weight excluding hydrogens is 525 g/mol. The summed E-state index contributed by atoms with van der Waals surface area (Å²) < 4.78 is 51.7. The summed E-state index contributed by atoms with van der Waals surface area (Å²) in [5.41, 5.74) is 1.22. The van der Waals surface area contributed by atoms with Gasteiger partial charge in [-0.2, -0.15) is 13.2 Å². The van der Waals surface area contributed by atoms with E-state index in [-0.39, 0.29) is 37.1 Å². The van der Waals surface area contributed by atoms with Crippen molar-refractivity contribution in [2.75, 3.05) is 6.61 Å². The molecule has 3 aromatic carbocycles. The molecule has 2 N–H and O–H groups in total. The number of nitrogens with one attached hydrogen (secondary N) is 1. The summed E-state index contributed by atoms with van der Waals surface area (Å²) in [6, 6.07) is 19.1. The number of ether oxygens (including phenoxy) is 1. The van der Waals surface area contributed by atoms with Crippen molar-refractivity contribution in [1.29, 1.82) is 0 Å². The molecular formula is C30H27F3N2O5. The molecule has 0 unspecified atom stereocenters. The number of nitrogens with zero attached hydrogens (tertiary/aromatic N) is 1. The Morgan fingerprint density at radius 2 is 1.70 bits per heavy atom. The fourth-order valence-corrected chi connectivity index (χ4v) is 4.17. The maximum absolute atomic E-state index is 13.3. The number of amides is 1. The third kappa shape index (κ3) is 7.28. The summed E-state index contributed by atoms with van der Waals surface area (Å²) in [7, 11) is 0. The standard InChI is InChI=1S/C30H27F3N2O5/c1-19-26(35-29(40-19)21-7-3-2-4-8-21)15-16-39-23-13-11-20(12-14-27(36)37)24(17-23)28(38)34-18-22-9-5-6-10-25(22)30(31,32)33/h2-11,13,17H,12,14-16,18H2,1H3,(H,34,38)(H,36,37). The summed E-state index contributed by atoms with van der Waals surface area (Å²) in [6.45, 7) is 1.68. The molecule has 0 radical (unpaired) electrons. The number of carboxylic acid groups (broad SMARTS) is 1. The van der Waals surface area contributed by atoms with Crippen LogP contribution < -0.4 is 10.1 Å². The van der Waals surface area contributed by atoms with Gasteiger partial charge in [-0.3, -0.25) is 9.59 Å². The number of hydrogen-bond acceptors (Lipinski definition) is 5. The smallest absolute Gasteiger partial charge is 0.416 e. The van der Waals surface area contributed by atoms with Crippen LogP contribution in [0.1, 0.15) is 44.9 Å². The van der Waals surface area contributed by atoms with E-state index in [9.17, 15) is 22.8 Å². The summed E-state index contributed by atoms with van der Waals surface area (Å²) >= 11 is 0. The van der Waals surface area contributed by atoms with Crippen LogP contribution in [0.5, 0.6) is 5.75 Å². The van der Waals surface area contributed by atoms with Crippen molar-refractivity contribution in [3.8, 4) is 17.2 Å². The van der Waals surface area contributed by atoms with E-state index in [4.69, 9.17) is 14.3 Å². The summed E-state index contributed by atoms with van der Waals surface area (Å²) in [5, 5.41) is 11.6. The lowest BCUT2D eigenvalue weighted by molar-refractivity contribution is -0.138. The van der Waals surface area contributed by atoms with Crippen LogP contribution in [0.15, 0.2) is 77.2 Å². The Morgan fingerprint density at radius 3 is 2.42 bits per heavy atom. The lowest BCUT2D eigenvalue weighted by Gasteiger charge is -2.15. The van der Waals surface area contributed by atoms with Crippen LogP contribution in [0.25, 0.3) is 11.5 Å². The topological polar surface area (TPSA) is 102 Å². The number of alkyl halides is 3. The minimum atomic E-state index is -4.56. The highest BCUT2D eigenvalue weighted by Gasteiger charge is 2.33. The number of carboxylic acids is 1. The molecule has 4 aromatic rings. The molecule has 7 nitrogen and oxygen atoms in total. The van der Waals surface area contributed by atoms with Crippen molar-refractivity contribution >= 4 is 11.9 Å². The van der Waals surface area contributed by atoms with E-state index < -0.39 is 23.6 Å². The number of halogens is 3. The van der Waals surface area contributed by atoms with Gasteiger partial charge in [0.15, 0.2) is 0 Å². The molecule has 10 heteroatoms. The van der Waals surface area contributed by atoms with Crippen LogP contribution in [0.3, 0.4) is 0 Å². The van der Waals surface area contributed by atoms with Gasteiger partial charge in [-0.05, 0) is 54.8 Å². The summed E-state index contributed by atoms with van der Waals surface area (Å²) in [4.78, 5) is 28.7. The molecule has 1 heterocycles. The van der Waals surface area contributed by atoms with Gasteiger partial charge >= 0.3 is 12.1 Å². The Labute approximate surface area is 228 Å². The second-order valence-corrected chi connectivity index (χ2v) is 9.04. The maximum Gasteiger partial charge on any atom is 0.416 e. The zero-order valence-corrected chi connectivity index (χ0v) is 21.6. The maximum atomic E-state index is 13.3. The Kier molecular flexibility index (Phi) is 8.88. The molecule has 0 fully saturated rings. The molecule has 40 heavy (non-hydrogen) atoms. The average Bonchev–Trinajstić information content (AvgIpc) is 3.31. The van der Waals surface area contributed by atoms with Gasteiger partial charge in [0.1, 0.15) is 11.5 Å². The molecule has 0 spiro atoms. The quantitative estimate of drug-likeness (QED) is 0.229. The van der Waals surface area contributed by atoms with Gasteiger partial charge in [-0.1, -0.05) is 42.5 Å². The number of oxazole rings is 1. The minimum absolute atomic E-state index is 0.0674. The molecule has 1 amide bonds. The van der Waals surface area contributed by atoms with Gasteiger partial charge in [0.25, 0.3) is 5.91 Å². The fraction of sp³-hybridized carbons (Fsp3) is 0.233. The number of aliphatic carboxylic acids is 1. The molecule has 4 rings (SSSR count). The zero-order chi connectivity index (χ0) is 28.7. The molecule has 0 aliphatic heterocycles. The van der Waals surface area contributed by atoms with Gasteiger partial charge in [0.2, 0.25) is 5.89 Å². The van der Waals surface area contributed by atoms with Crippen molar-refractivity contribution in [2.24, 2.45) is 0 Å². The summed E-state index contributed by atoms with van der Waals surface area (Å²) in [5.74, 6) is -0.164. The van der Waals surface area contributed by atoms with Gasteiger partial charge < -0.3 is 19.6 Å². The van der Waals surface area contributed by atoms with Gasteiger partial charge in [0.05, 0.1) is 17.9 Å². The monoisotopic (exact) mass is 552 g/mol. The van der Waals surface area contributed by atoms with Crippen LogP contribution in [0.2, 0.25) is 0 Å². The number of carbonyl (C=O) groups excluding carboxylic acids is 1. The van der Waals surface area contributed by atoms with E-state index in [1.54, 1.807) is 12.1 Å². The fourth-order valence-electron chi connectivity index (χ4n) is 4.17. The molecule has 208 valence electrons. The van der Waals surface area contributed by atoms with E-state index >= 15 is 0 Å². The highest BCUT2D eigenvalue weighted by molar-refractivity contribution is 5.96. The molecule has 0 bridgehead atoms. The molecule has 0 atom stereocenters. The van der Waals surface area contributed by atoms with Crippen LogP contribution in [0.4, 0.5) is 13.2 Å². The molecule has 0 aliphatic carbocycles. The number of rotatable bonds is 11. The third-order valence-electron chi connectivity index (χ3n) is 6.22. The Morgan fingerprint density at radius 1 is 0.975 bits per heavy atom. The number of carbonyl (C=O) groups is 2. The molecule has 0 aliphatic rings. The minimum Gasteiger partial charge on any atom is -0.493 e. The highest BCUT2D eigenvalue weighted by atomic mass is 19.4. The van der Waals surface area contributed by atoms with Crippen LogP contribution in [-0.2, 0) is 30.4 Å². The van der Waals surface area contributed by atoms with Crippen molar-refractivity contribution in [3.63, 3.8) is 0 Å². The molecule has 0 saturated carbocycles. The van der Waals surface area contributed by atoms with Crippen LogP contribution in [-0.4, -0.2) is 28.6 Å². The number of hydrogen-bond donors (Lipinski definition) is 2. The summed E-state index contributed by atoms with van der Waals surface area (Å²) in [6.07, 6.45) is -4.28. The number of aryl methyl sites for hydroxylation is 2. The van der Waals surface area contributed by atoms with E-state index in [2.05, 4.69) is 10.3 Å². The van der Waals surface area contributed by atoms with Crippen molar-refractivity contribution < 1.29 is 37.0 Å². The van der Waals surface area contributed by atoms with Crippen LogP contribution >= 0.6 is 0 Å². The number of aromatic nitrogens is 1. The van der Waals surface area contributed by atoms with Crippen molar-refractivity contribution in [3.05, 3.63) is 107 Å². The van der Waals surface area contributed by atoms with E-state index in [1.165, 1.54) is 24.3 Å². The Bertz CT molecular complexity index is 1480. The van der Waals surface area contributed by atoms with E-state index in [1.807, 2.05) is 37.3 Å². The SMILES string of the molecule is Cc1oc(-c2ccccc2)nc1CCOc1ccc(CCC(=O)O)c(C(=O)NCc2ccccc2C(F)(F)F)c1. The first-order chi connectivity index (χ1) is 19.1. The van der Waals surface area contributed by atoms with E-state index in [0.717, 1.165) is 17.3 Å². The van der Waals surface area contributed by atoms with Gasteiger partial charge in [-0.25, -0.2) is 4.98 Å². The predicted molar refractivity (Wildman–Crippen MR) is 141 cm³/mol. The first-order valence-electron chi connectivity index (χ1n) is 12.5. The average molecular weight is 553 g/mol. The molecule has 0 saturated heterocycles. The lowest BCUT2D eigenvalue weighted by Crippen LogP contribution is -2.25. The lowest BCUT2D eigenvalue weighted by atomic mass is 10.0. The largest absolute Gasteiger partial charge is 0.493 e. The Balaban J connectivity index is 1.46. The first kappa shape index (κ1) is 28.4. The van der Waals surface area contributed by atoms with Crippen molar-refractivity contribution in [2.45, 2.75) is 38.9 Å². The van der Waals surface area contributed by atoms with Crippen LogP contribution in [0, 0.1) is 6.92 Å². The first-order valence-corrected chi connectivity index (χ1v) is 12.5. The van der Waals surface area contributed by atoms with Crippen molar-refractivity contribution in [1.82, 2.24) is 10.3 Å². The van der Waals surface area contributed by atoms with Gasteiger partial charge in [-0.15, -0.1) is 0 Å². The van der Waals surface area contributed by atoms with E-state index in [0.29, 0.717) is 29.4 Å². The highest BCUT2D eigenvalue weighted by Crippen LogP contribution is 2.32. The molecule has 1 aromatic heterocycles. The van der Waals surface area contributed by atoms with Gasteiger partial charge in [0, 0.05) is 30.5 Å². The Hall–Kier alpha value is -4.60. The normalized spacial score (nSPS) is 11.3. The zero-order valence-electron chi connectivity index (χ0n) is 21.6.